The molecule has 0 unspecified atom stereocenters. The van der Waals surface area contributed by atoms with E-state index in [4.69, 9.17) is 0 Å². The Morgan fingerprint density at radius 2 is 2.13 bits per heavy atom. The van der Waals surface area contributed by atoms with Crippen molar-refractivity contribution in [1.82, 2.24) is 10.3 Å². The molecule has 1 aromatic heterocycles. The first-order chi connectivity index (χ1) is 6.91. The summed E-state index contributed by atoms with van der Waals surface area (Å²) in [7, 11) is 0. The van der Waals surface area contributed by atoms with Crippen molar-refractivity contribution < 1.29 is 4.79 Å². The molecule has 1 rings (SSSR count). The van der Waals surface area contributed by atoms with Crippen molar-refractivity contribution in [1.29, 1.82) is 0 Å². The molecule has 0 aliphatic rings. The first-order valence-electron chi connectivity index (χ1n) is 5.12. The topological polar surface area (TPSA) is 42.0 Å². The summed E-state index contributed by atoms with van der Waals surface area (Å²) in [5.41, 5.74) is 0.673. The summed E-state index contributed by atoms with van der Waals surface area (Å²) in [6, 6.07) is 3.65. The summed E-state index contributed by atoms with van der Waals surface area (Å²) in [6.45, 7) is 8.30. The molecule has 0 aromatic carbocycles. The minimum absolute atomic E-state index is 0.0643. The van der Waals surface area contributed by atoms with E-state index in [9.17, 15) is 4.79 Å². The molecular formula is C12H18N2O. The third-order valence-electron chi connectivity index (χ3n) is 2.57. The van der Waals surface area contributed by atoms with Gasteiger partial charge in [-0.1, -0.05) is 20.8 Å². The van der Waals surface area contributed by atoms with Gasteiger partial charge in [0.2, 0.25) is 0 Å². The van der Waals surface area contributed by atoms with Crippen LogP contribution >= 0.6 is 0 Å². The van der Waals surface area contributed by atoms with Crippen molar-refractivity contribution in [3.8, 4) is 0 Å². The largest absolute Gasteiger partial charge is 0.349 e. The highest BCUT2D eigenvalue weighted by atomic mass is 16.1. The molecule has 0 aliphatic carbocycles. The molecule has 0 saturated carbocycles. The Hall–Kier alpha value is -1.38. The van der Waals surface area contributed by atoms with Crippen LogP contribution in [0.4, 0.5) is 0 Å². The van der Waals surface area contributed by atoms with Gasteiger partial charge in [0, 0.05) is 18.4 Å². The third-order valence-corrected chi connectivity index (χ3v) is 2.57. The molecule has 0 radical (unpaired) electrons. The van der Waals surface area contributed by atoms with Gasteiger partial charge in [-0.25, -0.2) is 0 Å². The van der Waals surface area contributed by atoms with E-state index in [2.05, 4.69) is 31.1 Å². The Kier molecular flexibility index (Phi) is 3.45. The SMILES string of the molecule is C[C@H](NC(=O)c1cccnc1)C(C)(C)C. The van der Waals surface area contributed by atoms with Gasteiger partial charge < -0.3 is 5.32 Å². The van der Waals surface area contributed by atoms with E-state index in [1.54, 1.807) is 24.5 Å². The standard InChI is InChI=1S/C12H18N2O/c1-9(12(2,3)4)14-11(15)10-6-5-7-13-8-10/h5-9H,1-4H3,(H,14,15)/t9-/m0/s1. The highest BCUT2D eigenvalue weighted by Crippen LogP contribution is 2.18. The van der Waals surface area contributed by atoms with Crippen LogP contribution in [0.2, 0.25) is 0 Å². The van der Waals surface area contributed by atoms with Gasteiger partial charge in [0.1, 0.15) is 0 Å². The molecule has 0 spiro atoms. The van der Waals surface area contributed by atoms with Gasteiger partial charge in [0.15, 0.2) is 0 Å². The first kappa shape index (κ1) is 11.7. The van der Waals surface area contributed by atoms with Gasteiger partial charge in [-0.2, -0.15) is 0 Å². The van der Waals surface area contributed by atoms with Crippen molar-refractivity contribution in [2.24, 2.45) is 5.41 Å². The van der Waals surface area contributed by atoms with E-state index in [0.717, 1.165) is 0 Å². The van der Waals surface area contributed by atoms with Crippen molar-refractivity contribution in [3.05, 3.63) is 30.1 Å². The lowest BCUT2D eigenvalue weighted by molar-refractivity contribution is 0.0910. The van der Waals surface area contributed by atoms with Crippen LogP contribution in [-0.4, -0.2) is 16.9 Å². The van der Waals surface area contributed by atoms with Crippen molar-refractivity contribution >= 4 is 5.91 Å². The zero-order chi connectivity index (χ0) is 11.5. The fourth-order valence-electron chi connectivity index (χ4n) is 0.994. The Balaban J connectivity index is 2.65. The first-order valence-corrected chi connectivity index (χ1v) is 5.12. The fourth-order valence-corrected chi connectivity index (χ4v) is 0.994. The molecule has 1 aromatic rings. The van der Waals surface area contributed by atoms with E-state index < -0.39 is 0 Å². The molecular weight excluding hydrogens is 188 g/mol. The molecule has 0 fully saturated rings. The highest BCUT2D eigenvalue weighted by Gasteiger charge is 2.21. The molecule has 82 valence electrons. The van der Waals surface area contributed by atoms with Crippen LogP contribution in [0, 0.1) is 5.41 Å². The maximum absolute atomic E-state index is 11.8. The predicted molar refractivity (Wildman–Crippen MR) is 60.6 cm³/mol. The molecule has 0 saturated heterocycles. The number of rotatable bonds is 2. The maximum Gasteiger partial charge on any atom is 0.253 e. The Labute approximate surface area is 90.9 Å². The van der Waals surface area contributed by atoms with Crippen molar-refractivity contribution in [2.75, 3.05) is 0 Å². The summed E-state index contributed by atoms with van der Waals surface area (Å²) >= 11 is 0. The fraction of sp³-hybridized carbons (Fsp3) is 0.500. The van der Waals surface area contributed by atoms with Crippen LogP contribution < -0.4 is 5.32 Å². The summed E-state index contributed by atoms with van der Waals surface area (Å²) in [4.78, 5) is 15.7. The third kappa shape index (κ3) is 3.35. The maximum atomic E-state index is 11.8. The molecule has 3 heteroatoms. The number of carbonyl (C=O) groups excluding carboxylic acids is 1. The van der Waals surface area contributed by atoms with E-state index in [1.807, 2.05) is 6.92 Å². The van der Waals surface area contributed by atoms with Gasteiger partial charge in [-0.15, -0.1) is 0 Å². The van der Waals surface area contributed by atoms with E-state index in [-0.39, 0.29) is 17.4 Å². The number of nitrogens with zero attached hydrogens (tertiary/aromatic N) is 1. The van der Waals surface area contributed by atoms with Crippen LogP contribution in [0.15, 0.2) is 24.5 Å². The molecule has 1 heterocycles. The van der Waals surface area contributed by atoms with Crippen LogP contribution in [0.5, 0.6) is 0 Å². The average Bonchev–Trinajstić information content (AvgIpc) is 2.17. The molecule has 0 bridgehead atoms. The second-order valence-corrected chi connectivity index (χ2v) is 4.80. The number of nitrogens with one attached hydrogen (secondary N) is 1. The van der Waals surface area contributed by atoms with Crippen molar-refractivity contribution in [3.63, 3.8) is 0 Å². The monoisotopic (exact) mass is 206 g/mol. The Morgan fingerprint density at radius 3 is 2.60 bits per heavy atom. The quantitative estimate of drug-likeness (QED) is 0.806. The summed E-state index contributed by atoms with van der Waals surface area (Å²) in [5, 5.41) is 2.96. The van der Waals surface area contributed by atoms with Gasteiger partial charge >= 0.3 is 0 Å². The van der Waals surface area contributed by atoms with Gasteiger partial charge in [-0.3, -0.25) is 9.78 Å². The summed E-state index contributed by atoms with van der Waals surface area (Å²) in [6.07, 6.45) is 3.23. The highest BCUT2D eigenvalue weighted by molar-refractivity contribution is 5.94. The zero-order valence-electron chi connectivity index (χ0n) is 9.74. The second-order valence-electron chi connectivity index (χ2n) is 4.80. The Morgan fingerprint density at radius 1 is 1.47 bits per heavy atom. The minimum Gasteiger partial charge on any atom is -0.349 e. The predicted octanol–water partition coefficient (Wildman–Crippen LogP) is 2.25. The van der Waals surface area contributed by atoms with Crippen LogP contribution in [0.3, 0.4) is 0 Å². The lowest BCUT2D eigenvalue weighted by Crippen LogP contribution is -2.41. The minimum atomic E-state index is -0.0643. The molecule has 0 aliphatic heterocycles. The van der Waals surface area contributed by atoms with E-state index in [1.165, 1.54) is 0 Å². The molecule has 1 N–H and O–H groups in total. The Bertz CT molecular complexity index is 327. The lowest BCUT2D eigenvalue weighted by Gasteiger charge is -2.28. The van der Waals surface area contributed by atoms with Gasteiger partial charge in [0.05, 0.1) is 5.56 Å². The molecule has 15 heavy (non-hydrogen) atoms. The van der Waals surface area contributed by atoms with Crippen LogP contribution in [0.25, 0.3) is 0 Å². The van der Waals surface area contributed by atoms with Crippen molar-refractivity contribution in [2.45, 2.75) is 33.7 Å². The smallest absolute Gasteiger partial charge is 0.253 e. The summed E-state index contributed by atoms with van der Waals surface area (Å²) < 4.78 is 0. The van der Waals surface area contributed by atoms with E-state index >= 15 is 0 Å². The van der Waals surface area contributed by atoms with Gasteiger partial charge in [0.25, 0.3) is 5.91 Å². The number of carbonyl (C=O) groups is 1. The normalized spacial score (nSPS) is 13.3. The summed E-state index contributed by atoms with van der Waals surface area (Å²) in [5.74, 6) is -0.0643. The lowest BCUT2D eigenvalue weighted by atomic mass is 9.88. The molecule has 1 atom stereocenters. The zero-order valence-corrected chi connectivity index (χ0v) is 9.74. The second kappa shape index (κ2) is 4.43. The van der Waals surface area contributed by atoms with Crippen LogP contribution in [-0.2, 0) is 0 Å². The number of hydrogen-bond donors (Lipinski definition) is 1. The number of amides is 1. The number of pyridine rings is 1. The average molecular weight is 206 g/mol. The molecule has 3 nitrogen and oxygen atoms in total. The number of aromatic nitrogens is 1. The van der Waals surface area contributed by atoms with Gasteiger partial charge in [-0.05, 0) is 24.5 Å². The number of hydrogen-bond acceptors (Lipinski definition) is 2. The van der Waals surface area contributed by atoms with E-state index in [0.29, 0.717) is 5.56 Å². The molecule has 1 amide bonds. The van der Waals surface area contributed by atoms with Crippen LogP contribution in [0.1, 0.15) is 38.1 Å².